The van der Waals surface area contributed by atoms with Crippen LogP contribution < -0.4 is 4.74 Å². The van der Waals surface area contributed by atoms with Gasteiger partial charge >= 0.3 is 5.97 Å². The molecule has 0 radical (unpaired) electrons. The Kier molecular flexibility index (Phi) is 5.49. The number of hydrogen-bond acceptors (Lipinski definition) is 4. The summed E-state index contributed by atoms with van der Waals surface area (Å²) in [4.78, 5) is 13.0. The van der Waals surface area contributed by atoms with Crippen LogP contribution in [-0.2, 0) is 27.7 Å². The number of piperidine rings is 1. The maximum Gasteiger partial charge on any atom is 0.314 e. The van der Waals surface area contributed by atoms with E-state index in [2.05, 4.69) is 0 Å². The first kappa shape index (κ1) is 20.1. The smallest absolute Gasteiger partial charge is 0.314 e. The molecule has 29 heavy (non-hydrogen) atoms. The third kappa shape index (κ3) is 3.96. The van der Waals surface area contributed by atoms with Gasteiger partial charge in [0.2, 0.25) is 10.0 Å². The summed E-state index contributed by atoms with van der Waals surface area (Å²) in [6.45, 7) is 4.51. The average molecular weight is 414 g/mol. The Bertz CT molecular complexity index is 1020. The second-order valence-electron chi connectivity index (χ2n) is 8.10. The van der Waals surface area contributed by atoms with Gasteiger partial charge in [-0.15, -0.1) is 0 Å². The maximum absolute atomic E-state index is 13.1. The first-order valence-corrected chi connectivity index (χ1v) is 11.7. The van der Waals surface area contributed by atoms with Gasteiger partial charge in [0.1, 0.15) is 5.75 Å². The van der Waals surface area contributed by atoms with Crippen molar-refractivity contribution >= 4 is 16.0 Å². The second-order valence-corrected chi connectivity index (χ2v) is 10.0. The Labute approximate surface area is 172 Å². The number of fused-ring (bicyclic) bond motifs is 1. The van der Waals surface area contributed by atoms with E-state index in [0.717, 1.165) is 36.0 Å². The van der Waals surface area contributed by atoms with Crippen molar-refractivity contribution in [1.29, 1.82) is 0 Å². The number of carbonyl (C=O) groups excluding carboxylic acids is 1. The first-order chi connectivity index (χ1) is 13.9. The summed E-state index contributed by atoms with van der Waals surface area (Å²) in [5, 5.41) is 0. The van der Waals surface area contributed by atoms with Crippen molar-refractivity contribution in [3.8, 4) is 5.75 Å². The minimum Gasteiger partial charge on any atom is -0.426 e. The van der Waals surface area contributed by atoms with Gasteiger partial charge in [-0.25, -0.2) is 8.42 Å². The molecule has 0 aromatic heterocycles. The van der Waals surface area contributed by atoms with E-state index < -0.39 is 10.0 Å². The highest BCUT2D eigenvalue weighted by Gasteiger charge is 2.33. The van der Waals surface area contributed by atoms with Gasteiger partial charge in [-0.1, -0.05) is 24.3 Å². The van der Waals surface area contributed by atoms with Crippen LogP contribution in [0.4, 0.5) is 0 Å². The summed E-state index contributed by atoms with van der Waals surface area (Å²) in [7, 11) is -3.52. The van der Waals surface area contributed by atoms with E-state index in [0.29, 0.717) is 36.6 Å². The number of nitrogens with zero attached hydrogens (tertiary/aromatic N) is 1. The number of hydrogen-bond donors (Lipinski definition) is 0. The molecule has 5 nitrogen and oxygen atoms in total. The minimum absolute atomic E-state index is 0.267. The molecule has 0 saturated carbocycles. The SMILES string of the molecule is Cc1cccc(C)c1OC(=O)C1CCN(S(=O)(=O)c2ccc3c(c2)CCC3)CC1. The van der Waals surface area contributed by atoms with Crippen molar-refractivity contribution in [2.45, 2.75) is 50.8 Å². The van der Waals surface area contributed by atoms with Gasteiger partial charge in [-0.05, 0) is 80.3 Å². The highest BCUT2D eigenvalue weighted by atomic mass is 32.2. The molecule has 0 amide bonds. The van der Waals surface area contributed by atoms with Crippen LogP contribution in [0.1, 0.15) is 41.5 Å². The molecule has 0 bridgehead atoms. The number of esters is 1. The molecule has 0 atom stereocenters. The summed E-state index contributed by atoms with van der Waals surface area (Å²) < 4.78 is 33.3. The fourth-order valence-electron chi connectivity index (χ4n) is 4.33. The molecule has 1 aliphatic heterocycles. The molecule has 1 aliphatic carbocycles. The Morgan fingerprint density at radius 3 is 2.34 bits per heavy atom. The molecule has 2 aliphatic rings. The average Bonchev–Trinajstić information content (AvgIpc) is 3.19. The predicted molar refractivity (Wildman–Crippen MR) is 112 cm³/mol. The number of ether oxygens (including phenoxy) is 1. The van der Waals surface area contributed by atoms with E-state index in [1.165, 1.54) is 9.87 Å². The third-order valence-corrected chi connectivity index (χ3v) is 8.00. The van der Waals surface area contributed by atoms with Gasteiger partial charge < -0.3 is 4.74 Å². The van der Waals surface area contributed by atoms with Crippen molar-refractivity contribution in [1.82, 2.24) is 4.31 Å². The Balaban J connectivity index is 1.42. The molecule has 0 unspecified atom stereocenters. The highest BCUT2D eigenvalue weighted by molar-refractivity contribution is 7.89. The Hall–Kier alpha value is -2.18. The van der Waals surface area contributed by atoms with Crippen LogP contribution in [0.25, 0.3) is 0 Å². The van der Waals surface area contributed by atoms with Crippen LogP contribution >= 0.6 is 0 Å². The molecule has 1 heterocycles. The lowest BCUT2D eigenvalue weighted by Gasteiger charge is -2.30. The zero-order valence-electron chi connectivity index (χ0n) is 17.0. The molecular formula is C23H27NO4S. The largest absolute Gasteiger partial charge is 0.426 e. The van der Waals surface area contributed by atoms with Gasteiger partial charge in [-0.3, -0.25) is 4.79 Å². The van der Waals surface area contributed by atoms with Crippen molar-refractivity contribution in [3.05, 3.63) is 58.7 Å². The molecule has 6 heteroatoms. The van der Waals surface area contributed by atoms with Gasteiger partial charge in [0, 0.05) is 13.1 Å². The molecule has 0 spiro atoms. The van der Waals surface area contributed by atoms with E-state index in [4.69, 9.17) is 4.74 Å². The van der Waals surface area contributed by atoms with E-state index >= 15 is 0 Å². The summed E-state index contributed by atoms with van der Waals surface area (Å²) in [6.07, 6.45) is 4.03. The van der Waals surface area contributed by atoms with Crippen LogP contribution in [0.15, 0.2) is 41.3 Å². The molecule has 2 aromatic rings. The van der Waals surface area contributed by atoms with E-state index in [9.17, 15) is 13.2 Å². The third-order valence-electron chi connectivity index (χ3n) is 6.11. The van der Waals surface area contributed by atoms with Gasteiger partial charge in [0.05, 0.1) is 10.8 Å². The van der Waals surface area contributed by atoms with Gasteiger partial charge in [0.15, 0.2) is 0 Å². The van der Waals surface area contributed by atoms with Crippen LogP contribution in [0.5, 0.6) is 5.75 Å². The summed E-state index contributed by atoms with van der Waals surface area (Å²) in [5.41, 5.74) is 4.26. The van der Waals surface area contributed by atoms with E-state index in [-0.39, 0.29) is 11.9 Å². The van der Waals surface area contributed by atoms with Crippen molar-refractivity contribution < 1.29 is 17.9 Å². The number of benzene rings is 2. The number of rotatable bonds is 4. The maximum atomic E-state index is 13.1. The number of aryl methyl sites for hydroxylation is 4. The first-order valence-electron chi connectivity index (χ1n) is 10.3. The zero-order valence-corrected chi connectivity index (χ0v) is 17.8. The topological polar surface area (TPSA) is 63.7 Å². The molecular weight excluding hydrogens is 386 g/mol. The fourth-order valence-corrected chi connectivity index (χ4v) is 5.85. The Morgan fingerprint density at radius 1 is 1.00 bits per heavy atom. The van der Waals surface area contributed by atoms with E-state index in [1.807, 2.05) is 44.2 Å². The van der Waals surface area contributed by atoms with Gasteiger partial charge in [-0.2, -0.15) is 4.31 Å². The summed E-state index contributed by atoms with van der Waals surface area (Å²) in [5.74, 6) is 0.0724. The van der Waals surface area contributed by atoms with Crippen LogP contribution in [0.2, 0.25) is 0 Å². The van der Waals surface area contributed by atoms with Crippen molar-refractivity contribution in [3.63, 3.8) is 0 Å². The van der Waals surface area contributed by atoms with Crippen molar-refractivity contribution in [2.75, 3.05) is 13.1 Å². The normalized spacial score (nSPS) is 17.9. The fraction of sp³-hybridized carbons (Fsp3) is 0.435. The van der Waals surface area contributed by atoms with E-state index in [1.54, 1.807) is 6.07 Å². The van der Waals surface area contributed by atoms with Crippen LogP contribution in [0.3, 0.4) is 0 Å². The predicted octanol–water partition coefficient (Wildman–Crippen LogP) is 3.80. The standard InChI is InChI=1S/C23H27NO4S/c1-16-5-3-6-17(2)22(16)28-23(25)19-11-13-24(14-12-19)29(26,27)21-10-9-18-7-4-8-20(18)15-21/h3,5-6,9-10,15,19H,4,7-8,11-14H2,1-2H3. The number of carbonyl (C=O) groups is 1. The highest BCUT2D eigenvalue weighted by Crippen LogP contribution is 2.30. The molecule has 154 valence electrons. The minimum atomic E-state index is -3.52. The zero-order chi connectivity index (χ0) is 20.6. The quantitative estimate of drug-likeness (QED) is 0.565. The second kappa shape index (κ2) is 7.92. The number of sulfonamides is 1. The lowest BCUT2D eigenvalue weighted by atomic mass is 9.98. The Morgan fingerprint density at radius 2 is 1.66 bits per heavy atom. The summed E-state index contributed by atoms with van der Waals surface area (Å²) in [6, 6.07) is 11.3. The van der Waals surface area contributed by atoms with Crippen LogP contribution in [-0.4, -0.2) is 31.8 Å². The molecule has 2 aromatic carbocycles. The molecule has 0 N–H and O–H groups in total. The molecule has 1 fully saturated rings. The lowest BCUT2D eigenvalue weighted by molar-refractivity contribution is -0.140. The number of para-hydroxylation sites is 1. The van der Waals surface area contributed by atoms with Gasteiger partial charge in [0.25, 0.3) is 0 Å². The monoisotopic (exact) mass is 413 g/mol. The van der Waals surface area contributed by atoms with Crippen LogP contribution in [0, 0.1) is 19.8 Å². The van der Waals surface area contributed by atoms with Crippen molar-refractivity contribution in [2.24, 2.45) is 5.92 Å². The lowest BCUT2D eigenvalue weighted by Crippen LogP contribution is -2.41. The molecule has 1 saturated heterocycles. The molecule has 4 rings (SSSR count). The summed E-state index contributed by atoms with van der Waals surface area (Å²) >= 11 is 0.